The van der Waals surface area contributed by atoms with Crippen LogP contribution in [0.3, 0.4) is 0 Å². The van der Waals surface area contributed by atoms with Crippen molar-refractivity contribution in [3.05, 3.63) is 47.5 Å². The van der Waals surface area contributed by atoms with Crippen LogP contribution < -0.4 is 20.7 Å². The van der Waals surface area contributed by atoms with Crippen molar-refractivity contribution >= 4 is 40.5 Å². The molecular formula is C17H16ClN3O3. The summed E-state index contributed by atoms with van der Waals surface area (Å²) in [6.07, 6.45) is 0.00379. The Morgan fingerprint density at radius 1 is 1.25 bits per heavy atom. The van der Waals surface area contributed by atoms with E-state index in [1.807, 2.05) is 18.2 Å². The Kier molecular flexibility index (Phi) is 4.57. The van der Waals surface area contributed by atoms with E-state index >= 15 is 0 Å². The topological polar surface area (TPSA) is 79.5 Å². The molecule has 24 heavy (non-hydrogen) atoms. The standard InChI is InChI=1S/C17H16ClN3O3/c1-24-15-7-6-10(8-11(15)18)19-16(22)9-14-17(23)21-13-5-3-2-4-12(13)20-14/h2-8,14,20H,9H2,1H3,(H,19,22)(H,21,23)/t14-/m0/s1. The summed E-state index contributed by atoms with van der Waals surface area (Å²) in [6, 6.07) is 11.7. The lowest BCUT2D eigenvalue weighted by molar-refractivity contribution is -0.122. The number of ether oxygens (including phenoxy) is 1. The highest BCUT2D eigenvalue weighted by Crippen LogP contribution is 2.28. The van der Waals surface area contributed by atoms with Crippen molar-refractivity contribution in [1.82, 2.24) is 0 Å². The van der Waals surface area contributed by atoms with Gasteiger partial charge in [-0.2, -0.15) is 0 Å². The average molecular weight is 346 g/mol. The fourth-order valence-electron chi connectivity index (χ4n) is 2.48. The molecule has 6 nitrogen and oxygen atoms in total. The minimum Gasteiger partial charge on any atom is -0.495 e. The molecule has 1 atom stereocenters. The Labute approximate surface area is 144 Å². The molecule has 0 unspecified atom stereocenters. The van der Waals surface area contributed by atoms with Crippen molar-refractivity contribution in [2.45, 2.75) is 12.5 Å². The number of halogens is 1. The predicted octanol–water partition coefficient (Wildman–Crippen LogP) is 3.11. The number of carbonyl (C=O) groups excluding carboxylic acids is 2. The zero-order chi connectivity index (χ0) is 17.1. The Hall–Kier alpha value is -2.73. The van der Waals surface area contributed by atoms with Gasteiger partial charge in [-0.15, -0.1) is 0 Å². The van der Waals surface area contributed by atoms with Crippen LogP contribution >= 0.6 is 11.6 Å². The fraction of sp³-hybridized carbons (Fsp3) is 0.176. The Bertz CT molecular complexity index is 794. The molecular weight excluding hydrogens is 330 g/mol. The van der Waals surface area contributed by atoms with Crippen molar-refractivity contribution in [3.8, 4) is 5.75 Å². The first-order valence-corrected chi connectivity index (χ1v) is 7.74. The number of amides is 2. The van der Waals surface area contributed by atoms with Crippen LogP contribution in [0.25, 0.3) is 0 Å². The summed E-state index contributed by atoms with van der Waals surface area (Å²) < 4.78 is 5.07. The van der Waals surface area contributed by atoms with E-state index in [0.29, 0.717) is 22.1 Å². The number of hydrogen-bond acceptors (Lipinski definition) is 4. The van der Waals surface area contributed by atoms with Gasteiger partial charge in [-0.3, -0.25) is 9.59 Å². The molecule has 1 aliphatic rings. The lowest BCUT2D eigenvalue weighted by atomic mass is 10.1. The number of anilines is 3. The quantitative estimate of drug-likeness (QED) is 0.795. The van der Waals surface area contributed by atoms with Gasteiger partial charge in [0, 0.05) is 5.69 Å². The van der Waals surface area contributed by atoms with Gasteiger partial charge in [0.25, 0.3) is 0 Å². The SMILES string of the molecule is COc1ccc(NC(=O)C[C@@H]2Nc3ccccc3NC2=O)cc1Cl. The van der Waals surface area contributed by atoms with Crippen molar-refractivity contribution in [1.29, 1.82) is 0 Å². The van der Waals surface area contributed by atoms with E-state index in [-0.39, 0.29) is 18.2 Å². The number of methoxy groups -OCH3 is 1. The number of fused-ring (bicyclic) bond motifs is 1. The summed E-state index contributed by atoms with van der Waals surface area (Å²) in [5, 5.41) is 8.99. The van der Waals surface area contributed by atoms with Gasteiger partial charge in [0.1, 0.15) is 11.8 Å². The van der Waals surface area contributed by atoms with Crippen molar-refractivity contribution < 1.29 is 14.3 Å². The van der Waals surface area contributed by atoms with E-state index in [2.05, 4.69) is 16.0 Å². The van der Waals surface area contributed by atoms with Crippen LogP contribution in [0.5, 0.6) is 5.75 Å². The van der Waals surface area contributed by atoms with E-state index in [9.17, 15) is 9.59 Å². The molecule has 0 radical (unpaired) electrons. The van der Waals surface area contributed by atoms with E-state index in [1.165, 1.54) is 7.11 Å². The van der Waals surface area contributed by atoms with E-state index < -0.39 is 6.04 Å². The normalized spacial score (nSPS) is 15.8. The summed E-state index contributed by atoms with van der Waals surface area (Å²) in [7, 11) is 1.52. The second-order valence-electron chi connectivity index (χ2n) is 5.33. The summed E-state index contributed by atoms with van der Waals surface area (Å²) in [6.45, 7) is 0. The van der Waals surface area contributed by atoms with Crippen LogP contribution in [-0.4, -0.2) is 25.0 Å². The first-order chi connectivity index (χ1) is 11.6. The second kappa shape index (κ2) is 6.80. The van der Waals surface area contributed by atoms with Crippen molar-refractivity contribution in [3.63, 3.8) is 0 Å². The molecule has 0 saturated heterocycles. The molecule has 3 rings (SSSR count). The third-order valence-corrected chi connectivity index (χ3v) is 3.95. The first kappa shape index (κ1) is 16.1. The zero-order valence-electron chi connectivity index (χ0n) is 12.9. The predicted molar refractivity (Wildman–Crippen MR) is 93.7 cm³/mol. The number of carbonyl (C=O) groups is 2. The number of hydrogen-bond donors (Lipinski definition) is 3. The maximum atomic E-state index is 12.2. The molecule has 2 amide bonds. The molecule has 0 aromatic heterocycles. The van der Waals surface area contributed by atoms with Gasteiger partial charge in [-0.1, -0.05) is 23.7 Å². The summed E-state index contributed by atoms with van der Waals surface area (Å²) in [5.41, 5.74) is 2.05. The summed E-state index contributed by atoms with van der Waals surface area (Å²) >= 11 is 6.03. The minimum atomic E-state index is -0.631. The largest absolute Gasteiger partial charge is 0.495 e. The van der Waals surface area contributed by atoms with Gasteiger partial charge in [0.15, 0.2) is 0 Å². The first-order valence-electron chi connectivity index (χ1n) is 7.36. The van der Waals surface area contributed by atoms with Gasteiger partial charge in [0.2, 0.25) is 11.8 Å². The van der Waals surface area contributed by atoms with Crippen LogP contribution in [0.15, 0.2) is 42.5 Å². The zero-order valence-corrected chi connectivity index (χ0v) is 13.7. The highest BCUT2D eigenvalue weighted by atomic mass is 35.5. The van der Waals surface area contributed by atoms with Gasteiger partial charge in [-0.25, -0.2) is 0 Å². The van der Waals surface area contributed by atoms with Gasteiger partial charge in [-0.05, 0) is 30.3 Å². The van der Waals surface area contributed by atoms with Crippen LogP contribution in [0.2, 0.25) is 5.02 Å². The smallest absolute Gasteiger partial charge is 0.247 e. The second-order valence-corrected chi connectivity index (χ2v) is 5.74. The number of rotatable bonds is 4. The maximum absolute atomic E-state index is 12.2. The van der Waals surface area contributed by atoms with Crippen molar-refractivity contribution in [2.75, 3.05) is 23.1 Å². The number of benzene rings is 2. The van der Waals surface area contributed by atoms with Gasteiger partial charge >= 0.3 is 0 Å². The molecule has 0 aliphatic carbocycles. The molecule has 0 bridgehead atoms. The molecule has 2 aromatic carbocycles. The average Bonchev–Trinajstić information content (AvgIpc) is 2.55. The number of para-hydroxylation sites is 2. The maximum Gasteiger partial charge on any atom is 0.247 e. The summed E-state index contributed by atoms with van der Waals surface area (Å²) in [5.74, 6) is -0.000486. The molecule has 7 heteroatoms. The molecule has 124 valence electrons. The van der Waals surface area contributed by atoms with Crippen LogP contribution in [0.4, 0.5) is 17.1 Å². The van der Waals surface area contributed by atoms with Gasteiger partial charge in [0.05, 0.1) is 29.9 Å². The van der Waals surface area contributed by atoms with Crippen LogP contribution in [0.1, 0.15) is 6.42 Å². The third kappa shape index (κ3) is 3.44. The molecule has 0 saturated carbocycles. The Balaban J connectivity index is 1.65. The lowest BCUT2D eigenvalue weighted by Gasteiger charge is -2.26. The highest BCUT2D eigenvalue weighted by molar-refractivity contribution is 6.32. The van der Waals surface area contributed by atoms with Crippen molar-refractivity contribution in [2.24, 2.45) is 0 Å². The van der Waals surface area contributed by atoms with Gasteiger partial charge < -0.3 is 20.7 Å². The van der Waals surface area contributed by atoms with E-state index in [0.717, 1.165) is 5.69 Å². The number of nitrogens with one attached hydrogen (secondary N) is 3. The Morgan fingerprint density at radius 2 is 2.00 bits per heavy atom. The monoisotopic (exact) mass is 345 g/mol. The minimum absolute atomic E-state index is 0.00379. The molecule has 0 fully saturated rings. The van der Waals surface area contributed by atoms with Crippen LogP contribution in [-0.2, 0) is 9.59 Å². The summed E-state index contributed by atoms with van der Waals surface area (Å²) in [4.78, 5) is 24.3. The lowest BCUT2D eigenvalue weighted by Crippen LogP contribution is -2.41. The third-order valence-electron chi connectivity index (χ3n) is 3.66. The van der Waals surface area contributed by atoms with E-state index in [4.69, 9.17) is 16.3 Å². The Morgan fingerprint density at radius 3 is 2.71 bits per heavy atom. The molecule has 2 aromatic rings. The molecule has 3 N–H and O–H groups in total. The fourth-order valence-corrected chi connectivity index (χ4v) is 2.73. The van der Waals surface area contributed by atoms with Crippen LogP contribution in [0, 0.1) is 0 Å². The van der Waals surface area contributed by atoms with E-state index in [1.54, 1.807) is 24.3 Å². The molecule has 0 spiro atoms. The molecule has 1 aliphatic heterocycles. The molecule has 1 heterocycles. The highest BCUT2D eigenvalue weighted by Gasteiger charge is 2.27.